The van der Waals surface area contributed by atoms with Crippen molar-refractivity contribution < 1.29 is 0 Å². The summed E-state index contributed by atoms with van der Waals surface area (Å²) in [6.07, 6.45) is 10.7. The first-order valence-electron chi connectivity index (χ1n) is 8.93. The molecule has 3 nitrogen and oxygen atoms in total. The van der Waals surface area contributed by atoms with Crippen LogP contribution in [0.3, 0.4) is 0 Å². The van der Waals surface area contributed by atoms with Crippen LogP contribution in [0, 0.1) is 19.8 Å². The van der Waals surface area contributed by atoms with Crippen molar-refractivity contribution in [2.24, 2.45) is 5.92 Å². The maximum Gasteiger partial charge on any atom is 0.0628 e. The van der Waals surface area contributed by atoms with Crippen LogP contribution in [0.25, 0.3) is 0 Å². The number of hydrogen-bond acceptors (Lipinski definition) is 2. The molecule has 1 heterocycles. The molecule has 0 spiro atoms. The summed E-state index contributed by atoms with van der Waals surface area (Å²) >= 11 is 0. The monoisotopic (exact) mass is 289 g/mol. The van der Waals surface area contributed by atoms with Gasteiger partial charge in [0.25, 0.3) is 0 Å². The first kappa shape index (κ1) is 15.1. The minimum Gasteiger partial charge on any atom is -0.314 e. The lowest BCUT2D eigenvalue weighted by molar-refractivity contribution is 0.323. The van der Waals surface area contributed by atoms with E-state index >= 15 is 0 Å². The topological polar surface area (TPSA) is 29.9 Å². The van der Waals surface area contributed by atoms with Gasteiger partial charge in [-0.3, -0.25) is 4.68 Å². The molecule has 1 N–H and O–H groups in total. The van der Waals surface area contributed by atoms with Crippen LogP contribution in [0.15, 0.2) is 0 Å². The van der Waals surface area contributed by atoms with Gasteiger partial charge in [-0.1, -0.05) is 26.2 Å². The Morgan fingerprint density at radius 1 is 1.14 bits per heavy atom. The van der Waals surface area contributed by atoms with E-state index in [-0.39, 0.29) is 0 Å². The molecule has 2 saturated carbocycles. The highest BCUT2D eigenvalue weighted by Gasteiger charge is 2.23. The largest absolute Gasteiger partial charge is 0.314 e. The minimum absolute atomic E-state index is 0.658. The molecule has 118 valence electrons. The summed E-state index contributed by atoms with van der Waals surface area (Å²) in [4.78, 5) is 0. The average Bonchev–Trinajstić information content (AvgIpc) is 3.28. The maximum atomic E-state index is 4.89. The van der Waals surface area contributed by atoms with Crippen molar-refractivity contribution in [1.29, 1.82) is 0 Å². The van der Waals surface area contributed by atoms with Crippen molar-refractivity contribution in [2.75, 3.05) is 6.54 Å². The van der Waals surface area contributed by atoms with Crippen molar-refractivity contribution in [3.05, 3.63) is 17.0 Å². The zero-order chi connectivity index (χ0) is 14.8. The van der Waals surface area contributed by atoms with Crippen LogP contribution in [0.1, 0.15) is 74.9 Å². The Kier molecular flexibility index (Phi) is 4.68. The molecule has 1 atom stereocenters. The molecule has 0 aromatic carbocycles. The third-order valence-corrected chi connectivity index (χ3v) is 5.28. The number of aromatic nitrogens is 2. The van der Waals surface area contributed by atoms with Crippen molar-refractivity contribution in [1.82, 2.24) is 15.1 Å². The lowest BCUT2D eigenvalue weighted by Gasteiger charge is -2.23. The van der Waals surface area contributed by atoms with Gasteiger partial charge in [-0.25, -0.2) is 0 Å². The second-order valence-electron chi connectivity index (χ2n) is 7.38. The van der Waals surface area contributed by atoms with Gasteiger partial charge in [-0.2, -0.15) is 5.10 Å². The lowest BCUT2D eigenvalue weighted by atomic mass is 9.95. The van der Waals surface area contributed by atoms with E-state index in [0.717, 1.165) is 12.6 Å². The van der Waals surface area contributed by atoms with Gasteiger partial charge in [0, 0.05) is 11.7 Å². The smallest absolute Gasteiger partial charge is 0.0628 e. The number of aryl methyl sites for hydroxylation is 1. The molecule has 2 aliphatic carbocycles. The molecule has 1 aromatic rings. The van der Waals surface area contributed by atoms with Gasteiger partial charge < -0.3 is 5.32 Å². The summed E-state index contributed by atoms with van der Waals surface area (Å²) in [5.74, 6) is 0.701. The Bertz CT molecular complexity index is 467. The normalized spacial score (nSPS) is 21.7. The summed E-state index contributed by atoms with van der Waals surface area (Å²) < 4.78 is 2.35. The Balaban J connectivity index is 1.64. The quantitative estimate of drug-likeness (QED) is 0.859. The van der Waals surface area contributed by atoms with Crippen molar-refractivity contribution >= 4 is 0 Å². The van der Waals surface area contributed by atoms with Gasteiger partial charge in [0.15, 0.2) is 0 Å². The minimum atomic E-state index is 0.658. The molecule has 0 bridgehead atoms. The van der Waals surface area contributed by atoms with E-state index in [1.54, 1.807) is 0 Å². The van der Waals surface area contributed by atoms with Crippen LogP contribution in [0.4, 0.5) is 0 Å². The van der Waals surface area contributed by atoms with E-state index in [1.807, 2.05) is 0 Å². The molecule has 2 fully saturated rings. The van der Waals surface area contributed by atoms with Crippen molar-refractivity contribution in [3.8, 4) is 0 Å². The Hall–Kier alpha value is -0.830. The summed E-state index contributed by atoms with van der Waals surface area (Å²) in [5, 5.41) is 8.55. The third kappa shape index (κ3) is 3.68. The summed E-state index contributed by atoms with van der Waals surface area (Å²) in [7, 11) is 0. The highest BCUT2D eigenvalue weighted by Crippen LogP contribution is 2.30. The van der Waals surface area contributed by atoms with Crippen LogP contribution in [-0.4, -0.2) is 22.4 Å². The molecule has 2 aliphatic rings. The molecule has 0 aliphatic heterocycles. The Morgan fingerprint density at radius 3 is 2.52 bits per heavy atom. The zero-order valence-corrected chi connectivity index (χ0v) is 14.0. The van der Waals surface area contributed by atoms with Gasteiger partial charge in [0.1, 0.15) is 0 Å². The van der Waals surface area contributed by atoms with Crippen LogP contribution < -0.4 is 5.32 Å². The predicted octanol–water partition coefficient (Wildman–Crippen LogP) is 3.94. The summed E-state index contributed by atoms with van der Waals surface area (Å²) in [5.41, 5.74) is 4.19. The van der Waals surface area contributed by atoms with Crippen LogP contribution in [-0.2, 0) is 6.42 Å². The number of rotatable bonds is 6. The van der Waals surface area contributed by atoms with Gasteiger partial charge >= 0.3 is 0 Å². The molecule has 3 heteroatoms. The molecular formula is C18H31N3. The second kappa shape index (κ2) is 6.51. The van der Waals surface area contributed by atoms with E-state index in [2.05, 4.69) is 30.8 Å². The summed E-state index contributed by atoms with van der Waals surface area (Å²) in [6, 6.07) is 1.48. The predicted molar refractivity (Wildman–Crippen MR) is 87.7 cm³/mol. The Labute approximate surface area is 129 Å². The molecule has 1 unspecified atom stereocenters. The van der Waals surface area contributed by atoms with Crippen LogP contribution in [0.5, 0.6) is 0 Å². The molecule has 3 rings (SSSR count). The highest BCUT2D eigenvalue weighted by molar-refractivity contribution is 5.25. The standard InChI is InChI=1S/C18H31N3/c1-13(12-19-16-9-10-16)11-18-14(2)20-21(15(18)3)17-7-5-4-6-8-17/h13,16-17,19H,4-12H2,1-3H3. The number of hydrogen-bond donors (Lipinski definition) is 1. The SMILES string of the molecule is Cc1nn(C2CCCCC2)c(C)c1CC(C)CNC1CC1. The second-order valence-corrected chi connectivity index (χ2v) is 7.38. The number of nitrogens with zero attached hydrogens (tertiary/aromatic N) is 2. The van der Waals surface area contributed by atoms with Crippen LogP contribution in [0.2, 0.25) is 0 Å². The van der Waals surface area contributed by atoms with Gasteiger partial charge in [-0.05, 0) is 64.0 Å². The first-order chi connectivity index (χ1) is 10.1. The van der Waals surface area contributed by atoms with Crippen molar-refractivity contribution in [3.63, 3.8) is 0 Å². The average molecular weight is 289 g/mol. The maximum absolute atomic E-state index is 4.89. The fourth-order valence-electron chi connectivity index (χ4n) is 3.75. The molecular weight excluding hydrogens is 258 g/mol. The fourth-order valence-corrected chi connectivity index (χ4v) is 3.75. The first-order valence-corrected chi connectivity index (χ1v) is 8.93. The van der Waals surface area contributed by atoms with Gasteiger partial charge in [0.05, 0.1) is 11.7 Å². The summed E-state index contributed by atoms with van der Waals surface area (Å²) in [6.45, 7) is 8.00. The van der Waals surface area contributed by atoms with E-state index in [0.29, 0.717) is 12.0 Å². The molecule has 0 amide bonds. The third-order valence-electron chi connectivity index (χ3n) is 5.28. The van der Waals surface area contributed by atoms with Crippen LogP contribution >= 0.6 is 0 Å². The zero-order valence-electron chi connectivity index (χ0n) is 14.0. The molecule has 1 aromatic heterocycles. The van der Waals surface area contributed by atoms with E-state index in [1.165, 1.54) is 68.3 Å². The van der Waals surface area contributed by atoms with Gasteiger partial charge in [-0.15, -0.1) is 0 Å². The van der Waals surface area contributed by atoms with Crippen molar-refractivity contribution in [2.45, 2.75) is 84.2 Å². The Morgan fingerprint density at radius 2 is 1.86 bits per heavy atom. The molecule has 0 radical (unpaired) electrons. The number of nitrogens with one attached hydrogen (secondary N) is 1. The molecule has 21 heavy (non-hydrogen) atoms. The van der Waals surface area contributed by atoms with Gasteiger partial charge in [0.2, 0.25) is 0 Å². The lowest BCUT2D eigenvalue weighted by Crippen LogP contribution is -2.24. The highest BCUT2D eigenvalue weighted by atomic mass is 15.3. The van der Waals surface area contributed by atoms with E-state index < -0.39 is 0 Å². The van der Waals surface area contributed by atoms with E-state index in [9.17, 15) is 0 Å². The molecule has 0 saturated heterocycles. The fraction of sp³-hybridized carbons (Fsp3) is 0.833. The van der Waals surface area contributed by atoms with E-state index in [4.69, 9.17) is 5.10 Å².